The van der Waals surface area contributed by atoms with Crippen LogP contribution in [0, 0.1) is 6.92 Å². The van der Waals surface area contributed by atoms with Gasteiger partial charge < -0.3 is 0 Å². The molecular weight excluding hydrogens is 244 g/mol. The Bertz CT molecular complexity index is 742. The number of hydrogen-bond acceptors (Lipinski definition) is 2. The minimum absolute atomic E-state index is 0.988. The zero-order chi connectivity index (χ0) is 13.9. The van der Waals surface area contributed by atoms with Crippen molar-refractivity contribution >= 4 is 10.8 Å². The molecule has 0 radical (unpaired) electrons. The number of nitrogens with zero attached hydrogens (tertiary/aromatic N) is 2. The largest absolute Gasteiger partial charge is 0.254 e. The van der Waals surface area contributed by atoms with Crippen LogP contribution in [0.25, 0.3) is 22.0 Å². The smallest absolute Gasteiger partial charge is 0.0920 e. The highest BCUT2D eigenvalue weighted by Crippen LogP contribution is 2.28. The van der Waals surface area contributed by atoms with Crippen molar-refractivity contribution in [3.63, 3.8) is 0 Å². The highest BCUT2D eigenvalue weighted by Gasteiger charge is 2.09. The van der Waals surface area contributed by atoms with Crippen molar-refractivity contribution in [1.82, 2.24) is 9.97 Å². The van der Waals surface area contributed by atoms with Crippen molar-refractivity contribution in [1.29, 1.82) is 0 Å². The summed E-state index contributed by atoms with van der Waals surface area (Å²) in [7, 11) is 0. The lowest BCUT2D eigenvalue weighted by Crippen LogP contribution is -1.98. The van der Waals surface area contributed by atoms with Crippen molar-refractivity contribution in [2.75, 3.05) is 0 Å². The number of rotatable bonds is 3. The van der Waals surface area contributed by atoms with E-state index in [-0.39, 0.29) is 0 Å². The summed E-state index contributed by atoms with van der Waals surface area (Å²) in [5.41, 5.74) is 4.24. The molecule has 3 rings (SSSR count). The van der Waals surface area contributed by atoms with Gasteiger partial charge in [-0.15, -0.1) is 0 Å². The zero-order valence-corrected chi connectivity index (χ0v) is 11.9. The Balaban J connectivity index is 2.16. The fraction of sp³-hybridized carbons (Fsp3) is 0.222. The van der Waals surface area contributed by atoms with Crippen LogP contribution in [0.2, 0.25) is 0 Å². The molecule has 0 atom stereocenters. The summed E-state index contributed by atoms with van der Waals surface area (Å²) in [6.07, 6.45) is 4.00. The van der Waals surface area contributed by atoms with Crippen LogP contribution in [0.1, 0.15) is 24.7 Å². The topological polar surface area (TPSA) is 25.8 Å². The summed E-state index contributed by atoms with van der Waals surface area (Å²) in [5.74, 6) is 0. The second kappa shape index (κ2) is 5.41. The number of aromatic nitrogens is 2. The Morgan fingerprint density at radius 1 is 1.00 bits per heavy atom. The fourth-order valence-corrected chi connectivity index (χ4v) is 2.60. The molecule has 1 heterocycles. The van der Waals surface area contributed by atoms with Gasteiger partial charge in [-0.1, -0.05) is 55.8 Å². The lowest BCUT2D eigenvalue weighted by Gasteiger charge is -2.09. The van der Waals surface area contributed by atoms with Gasteiger partial charge >= 0.3 is 0 Å². The average Bonchev–Trinajstić information content (AvgIpc) is 2.47. The predicted molar refractivity (Wildman–Crippen MR) is 83.7 cm³/mol. The van der Waals surface area contributed by atoms with Gasteiger partial charge in [0.15, 0.2) is 0 Å². The molecular formula is C18H18N2. The molecule has 3 aromatic rings. The second-order valence-electron chi connectivity index (χ2n) is 5.07. The van der Waals surface area contributed by atoms with E-state index >= 15 is 0 Å². The van der Waals surface area contributed by atoms with Crippen molar-refractivity contribution in [2.45, 2.75) is 26.7 Å². The van der Waals surface area contributed by atoms with Crippen LogP contribution >= 0.6 is 0 Å². The molecule has 0 aliphatic heterocycles. The maximum absolute atomic E-state index is 4.68. The molecule has 0 saturated heterocycles. The average molecular weight is 262 g/mol. The quantitative estimate of drug-likeness (QED) is 0.691. The van der Waals surface area contributed by atoms with E-state index in [4.69, 9.17) is 0 Å². The van der Waals surface area contributed by atoms with Gasteiger partial charge in [-0.3, -0.25) is 9.97 Å². The van der Waals surface area contributed by atoms with Crippen LogP contribution in [-0.2, 0) is 6.42 Å². The van der Waals surface area contributed by atoms with Gasteiger partial charge in [0, 0.05) is 11.8 Å². The van der Waals surface area contributed by atoms with Crippen LogP contribution in [0.4, 0.5) is 0 Å². The van der Waals surface area contributed by atoms with Gasteiger partial charge in [-0.2, -0.15) is 0 Å². The third-order valence-corrected chi connectivity index (χ3v) is 3.55. The van der Waals surface area contributed by atoms with E-state index in [0.29, 0.717) is 0 Å². The number of fused-ring (bicyclic) bond motifs is 1. The Kier molecular flexibility index (Phi) is 3.46. The standard InChI is InChI=1S/C18H18N2/c1-3-7-15-12-19-18(13(2)20-15)17-11-6-9-14-8-4-5-10-16(14)17/h4-6,8-12H,3,7H2,1-2H3. The summed E-state index contributed by atoms with van der Waals surface area (Å²) in [4.78, 5) is 9.34. The summed E-state index contributed by atoms with van der Waals surface area (Å²) in [5, 5.41) is 2.47. The van der Waals surface area contributed by atoms with E-state index < -0.39 is 0 Å². The molecule has 0 aliphatic rings. The van der Waals surface area contributed by atoms with Crippen LogP contribution in [0.15, 0.2) is 48.7 Å². The molecule has 0 fully saturated rings. The maximum atomic E-state index is 4.68. The monoisotopic (exact) mass is 262 g/mol. The van der Waals surface area contributed by atoms with Gasteiger partial charge in [0.05, 0.1) is 17.1 Å². The van der Waals surface area contributed by atoms with E-state index in [0.717, 1.165) is 35.5 Å². The molecule has 2 heteroatoms. The third kappa shape index (κ3) is 2.29. The first kappa shape index (κ1) is 12.8. The van der Waals surface area contributed by atoms with Gasteiger partial charge in [0.1, 0.15) is 0 Å². The van der Waals surface area contributed by atoms with Crippen LogP contribution in [0.5, 0.6) is 0 Å². The van der Waals surface area contributed by atoms with Crippen molar-refractivity contribution in [3.8, 4) is 11.3 Å². The Labute approximate surface area is 119 Å². The van der Waals surface area contributed by atoms with Gasteiger partial charge in [-0.25, -0.2) is 0 Å². The van der Waals surface area contributed by atoms with Crippen molar-refractivity contribution in [2.24, 2.45) is 0 Å². The summed E-state index contributed by atoms with van der Waals surface area (Å²) >= 11 is 0. The lowest BCUT2D eigenvalue weighted by atomic mass is 10.0. The molecule has 0 aliphatic carbocycles. The van der Waals surface area contributed by atoms with Gasteiger partial charge in [-0.05, 0) is 24.1 Å². The molecule has 2 nitrogen and oxygen atoms in total. The minimum atomic E-state index is 0.988. The first-order valence-electron chi connectivity index (χ1n) is 7.10. The molecule has 0 spiro atoms. The van der Waals surface area contributed by atoms with E-state index in [1.54, 1.807) is 0 Å². The van der Waals surface area contributed by atoms with Crippen molar-refractivity contribution < 1.29 is 0 Å². The van der Waals surface area contributed by atoms with Crippen molar-refractivity contribution in [3.05, 3.63) is 60.0 Å². The van der Waals surface area contributed by atoms with Crippen LogP contribution < -0.4 is 0 Å². The number of benzene rings is 2. The molecule has 0 amide bonds. The van der Waals surface area contributed by atoms with Gasteiger partial charge in [0.25, 0.3) is 0 Å². The number of hydrogen-bond donors (Lipinski definition) is 0. The second-order valence-corrected chi connectivity index (χ2v) is 5.07. The lowest BCUT2D eigenvalue weighted by molar-refractivity contribution is 0.862. The zero-order valence-electron chi connectivity index (χ0n) is 11.9. The normalized spacial score (nSPS) is 10.9. The van der Waals surface area contributed by atoms with Crippen LogP contribution in [0.3, 0.4) is 0 Å². The molecule has 20 heavy (non-hydrogen) atoms. The van der Waals surface area contributed by atoms with Crippen LogP contribution in [-0.4, -0.2) is 9.97 Å². The highest BCUT2D eigenvalue weighted by molar-refractivity contribution is 5.96. The van der Waals surface area contributed by atoms with E-state index in [9.17, 15) is 0 Å². The van der Waals surface area contributed by atoms with E-state index in [1.165, 1.54) is 10.8 Å². The summed E-state index contributed by atoms with van der Waals surface area (Å²) in [6, 6.07) is 14.7. The third-order valence-electron chi connectivity index (χ3n) is 3.55. The molecule has 0 unspecified atom stereocenters. The summed E-state index contributed by atoms with van der Waals surface area (Å²) in [6.45, 7) is 4.21. The minimum Gasteiger partial charge on any atom is -0.254 e. The maximum Gasteiger partial charge on any atom is 0.0920 e. The molecule has 0 N–H and O–H groups in total. The van der Waals surface area contributed by atoms with Gasteiger partial charge in [0.2, 0.25) is 0 Å². The molecule has 2 aromatic carbocycles. The SMILES string of the molecule is CCCc1cnc(-c2cccc3ccccc23)c(C)n1. The first-order chi connectivity index (χ1) is 9.79. The molecule has 1 aromatic heterocycles. The molecule has 0 saturated carbocycles. The Morgan fingerprint density at radius 3 is 2.60 bits per heavy atom. The van der Waals surface area contributed by atoms with E-state index in [1.807, 2.05) is 13.1 Å². The summed E-state index contributed by atoms with van der Waals surface area (Å²) < 4.78 is 0. The number of aryl methyl sites for hydroxylation is 2. The Morgan fingerprint density at radius 2 is 1.80 bits per heavy atom. The molecule has 100 valence electrons. The Hall–Kier alpha value is -2.22. The fourth-order valence-electron chi connectivity index (χ4n) is 2.60. The van der Waals surface area contributed by atoms with E-state index in [2.05, 4.69) is 59.4 Å². The molecule has 0 bridgehead atoms. The predicted octanol–water partition coefficient (Wildman–Crippen LogP) is 4.56. The highest BCUT2D eigenvalue weighted by atomic mass is 14.8. The first-order valence-corrected chi connectivity index (χ1v) is 7.10.